The number of nitrogens with zero attached hydrogens (tertiary/aromatic N) is 2. The Labute approximate surface area is 145 Å². The second-order valence-corrected chi connectivity index (χ2v) is 7.79. The maximum absolute atomic E-state index is 12.1. The molecule has 1 fully saturated rings. The lowest BCUT2D eigenvalue weighted by Gasteiger charge is -2.32. The summed E-state index contributed by atoms with van der Waals surface area (Å²) in [5.41, 5.74) is 0.588. The summed E-state index contributed by atoms with van der Waals surface area (Å²) in [5, 5.41) is 11.3. The molecule has 2 aliphatic rings. The lowest BCUT2D eigenvalue weighted by molar-refractivity contribution is -0.142. The number of amidine groups is 1. The fourth-order valence-corrected chi connectivity index (χ4v) is 4.29. The molecule has 1 amide bonds. The molecule has 1 aromatic rings. The molecule has 2 aliphatic heterocycles. The monoisotopic (exact) mass is 365 g/mol. The van der Waals surface area contributed by atoms with Gasteiger partial charge in [-0.3, -0.25) is 9.59 Å². The number of likely N-dealkylation sites (tertiary alicyclic amines) is 1. The summed E-state index contributed by atoms with van der Waals surface area (Å²) in [4.78, 5) is 25.0. The Morgan fingerprint density at radius 3 is 2.56 bits per heavy atom. The molecule has 0 aliphatic carbocycles. The Balaban J connectivity index is 1.68. The lowest BCUT2D eigenvalue weighted by Crippen LogP contribution is -2.46. The van der Waals surface area contributed by atoms with Gasteiger partial charge in [-0.15, -0.1) is 4.40 Å². The van der Waals surface area contributed by atoms with E-state index >= 15 is 0 Å². The molecule has 3 rings (SSSR count). The molecule has 0 radical (unpaired) electrons. The van der Waals surface area contributed by atoms with Crippen molar-refractivity contribution in [3.8, 4) is 0 Å². The summed E-state index contributed by atoms with van der Waals surface area (Å²) < 4.78 is 28.1. The number of benzene rings is 1. The Morgan fingerprint density at radius 2 is 1.92 bits per heavy atom. The molecule has 0 spiro atoms. The highest BCUT2D eigenvalue weighted by molar-refractivity contribution is 7.90. The molecule has 9 heteroatoms. The van der Waals surface area contributed by atoms with E-state index in [4.69, 9.17) is 5.11 Å². The van der Waals surface area contributed by atoms with Gasteiger partial charge in [0.25, 0.3) is 10.0 Å². The van der Waals surface area contributed by atoms with Gasteiger partial charge >= 0.3 is 5.97 Å². The van der Waals surface area contributed by atoms with Crippen molar-refractivity contribution in [2.75, 3.05) is 13.1 Å². The van der Waals surface area contributed by atoms with E-state index in [0.717, 1.165) is 0 Å². The fourth-order valence-electron chi connectivity index (χ4n) is 3.06. The Bertz CT molecular complexity index is 841. The van der Waals surface area contributed by atoms with E-state index in [9.17, 15) is 18.0 Å². The minimum Gasteiger partial charge on any atom is -0.480 e. The zero-order valence-corrected chi connectivity index (χ0v) is 14.5. The summed E-state index contributed by atoms with van der Waals surface area (Å²) in [6, 6.07) is 5.76. The zero-order valence-electron chi connectivity index (χ0n) is 13.7. The van der Waals surface area contributed by atoms with Crippen LogP contribution in [-0.4, -0.2) is 55.3 Å². The van der Waals surface area contributed by atoms with Crippen LogP contribution in [0.25, 0.3) is 0 Å². The first-order chi connectivity index (χ1) is 11.8. The van der Waals surface area contributed by atoms with Gasteiger partial charge in [-0.25, -0.2) is 0 Å². The highest BCUT2D eigenvalue weighted by Crippen LogP contribution is 2.29. The lowest BCUT2D eigenvalue weighted by atomic mass is 9.95. The maximum Gasteiger partial charge on any atom is 0.325 e. The van der Waals surface area contributed by atoms with Gasteiger partial charge in [0.15, 0.2) is 5.84 Å². The molecule has 2 N–H and O–H groups in total. The van der Waals surface area contributed by atoms with Crippen LogP contribution in [0.1, 0.15) is 25.3 Å². The van der Waals surface area contributed by atoms with Crippen molar-refractivity contribution in [2.24, 2.45) is 10.3 Å². The Hall–Kier alpha value is -2.42. The summed E-state index contributed by atoms with van der Waals surface area (Å²) in [7, 11) is -3.66. The van der Waals surface area contributed by atoms with E-state index in [0.29, 0.717) is 37.3 Å². The molecule has 1 aromatic carbocycles. The molecule has 0 unspecified atom stereocenters. The van der Waals surface area contributed by atoms with Gasteiger partial charge in [0.1, 0.15) is 10.9 Å². The molecule has 0 saturated carbocycles. The number of fused-ring (bicyclic) bond motifs is 1. The van der Waals surface area contributed by atoms with Crippen LogP contribution in [0.15, 0.2) is 33.6 Å². The second kappa shape index (κ2) is 6.47. The minimum absolute atomic E-state index is 0.208. The molecule has 8 nitrogen and oxygen atoms in total. The summed E-state index contributed by atoms with van der Waals surface area (Å²) >= 11 is 0. The van der Waals surface area contributed by atoms with Crippen molar-refractivity contribution in [3.63, 3.8) is 0 Å². The zero-order chi connectivity index (χ0) is 18.2. The number of sulfonamides is 1. The number of carbonyl (C=O) groups is 2. The van der Waals surface area contributed by atoms with Gasteiger partial charge in [-0.05, 0) is 31.9 Å². The minimum atomic E-state index is -3.66. The van der Waals surface area contributed by atoms with Crippen LogP contribution in [-0.2, 0) is 19.6 Å². The third-order valence-corrected chi connectivity index (χ3v) is 5.83. The van der Waals surface area contributed by atoms with E-state index in [1.807, 2.05) is 4.90 Å². The van der Waals surface area contributed by atoms with Crippen LogP contribution >= 0.6 is 0 Å². The van der Waals surface area contributed by atoms with Crippen LogP contribution in [0.3, 0.4) is 0 Å². The first kappa shape index (κ1) is 17.4. The Kier molecular flexibility index (Phi) is 4.51. The molecule has 134 valence electrons. The van der Waals surface area contributed by atoms with Gasteiger partial charge in [0.05, 0.1) is 0 Å². The first-order valence-electron chi connectivity index (χ1n) is 8.02. The van der Waals surface area contributed by atoms with Crippen LogP contribution in [0, 0.1) is 5.92 Å². The average Bonchev–Trinajstić information content (AvgIpc) is 2.87. The third kappa shape index (κ3) is 3.37. The van der Waals surface area contributed by atoms with E-state index < -0.39 is 22.0 Å². The molecule has 25 heavy (non-hydrogen) atoms. The van der Waals surface area contributed by atoms with Crippen LogP contribution in [0.5, 0.6) is 0 Å². The molecular formula is C16H19N3O5S. The predicted molar refractivity (Wildman–Crippen MR) is 89.7 cm³/mol. The number of carbonyl (C=O) groups excluding carboxylic acids is 1. The van der Waals surface area contributed by atoms with Gasteiger partial charge in [0.2, 0.25) is 5.91 Å². The van der Waals surface area contributed by atoms with Crippen LogP contribution in [0.4, 0.5) is 0 Å². The average molecular weight is 365 g/mol. The maximum atomic E-state index is 12.1. The van der Waals surface area contributed by atoms with Crippen LogP contribution in [0.2, 0.25) is 0 Å². The molecule has 1 atom stereocenters. The first-order valence-corrected chi connectivity index (χ1v) is 9.46. The highest BCUT2D eigenvalue weighted by atomic mass is 32.2. The predicted octanol–water partition coefficient (Wildman–Crippen LogP) is 0.437. The van der Waals surface area contributed by atoms with E-state index in [2.05, 4.69) is 9.71 Å². The summed E-state index contributed by atoms with van der Waals surface area (Å²) in [6.45, 7) is 2.40. The molecular weight excluding hydrogens is 346 g/mol. The van der Waals surface area contributed by atoms with Crippen LogP contribution < -0.4 is 5.32 Å². The fraction of sp³-hybridized carbons (Fsp3) is 0.438. The standard InChI is InChI=1S/C16H19N3O5S/c1-10(16(21)22)17-15(20)11-6-8-19(9-7-11)14-12-4-2-3-5-13(12)25(23,24)18-14/h2-5,10-11H,6-9H2,1H3,(H,17,20)(H,21,22)/t10-/m0/s1. The summed E-state index contributed by atoms with van der Waals surface area (Å²) in [6.07, 6.45) is 1.03. The number of carboxylic acid groups (broad SMARTS) is 1. The number of piperidine rings is 1. The SMILES string of the molecule is C[C@H](NC(=O)C1CCN(C2=NS(=O)(=O)c3ccccc32)CC1)C(=O)O. The molecule has 1 saturated heterocycles. The van der Waals surface area contributed by atoms with Crippen molar-refractivity contribution in [2.45, 2.75) is 30.7 Å². The normalized spacial score (nSPS) is 20.5. The van der Waals surface area contributed by atoms with Gasteiger partial charge in [0, 0.05) is 24.6 Å². The highest BCUT2D eigenvalue weighted by Gasteiger charge is 2.34. The number of aliphatic carboxylic acids is 1. The largest absolute Gasteiger partial charge is 0.480 e. The third-order valence-electron chi connectivity index (χ3n) is 4.51. The van der Waals surface area contributed by atoms with Gasteiger partial charge in [-0.1, -0.05) is 12.1 Å². The smallest absolute Gasteiger partial charge is 0.325 e. The number of rotatable bonds is 3. The molecule has 2 heterocycles. The van der Waals surface area contributed by atoms with Crippen molar-refractivity contribution >= 4 is 27.7 Å². The Morgan fingerprint density at radius 1 is 1.28 bits per heavy atom. The van der Waals surface area contributed by atoms with E-state index in [1.165, 1.54) is 13.0 Å². The van der Waals surface area contributed by atoms with Crippen molar-refractivity contribution in [1.29, 1.82) is 0 Å². The van der Waals surface area contributed by atoms with Crippen molar-refractivity contribution in [3.05, 3.63) is 29.8 Å². The number of nitrogens with one attached hydrogen (secondary N) is 1. The molecule has 0 aromatic heterocycles. The summed E-state index contributed by atoms with van der Waals surface area (Å²) in [5.74, 6) is -1.22. The molecule has 0 bridgehead atoms. The van der Waals surface area contributed by atoms with E-state index in [-0.39, 0.29) is 16.7 Å². The van der Waals surface area contributed by atoms with Crippen molar-refractivity contribution < 1.29 is 23.1 Å². The topological polar surface area (TPSA) is 116 Å². The van der Waals surface area contributed by atoms with Gasteiger partial charge < -0.3 is 15.3 Å². The quantitative estimate of drug-likeness (QED) is 0.803. The number of hydrogen-bond donors (Lipinski definition) is 2. The van der Waals surface area contributed by atoms with E-state index in [1.54, 1.807) is 18.2 Å². The number of carboxylic acids is 1. The van der Waals surface area contributed by atoms with Crippen molar-refractivity contribution in [1.82, 2.24) is 10.2 Å². The number of amides is 1. The second-order valence-electron chi connectivity index (χ2n) is 6.22. The number of hydrogen-bond acceptors (Lipinski definition) is 5. The van der Waals surface area contributed by atoms with Gasteiger partial charge in [-0.2, -0.15) is 8.42 Å².